The van der Waals surface area contributed by atoms with Gasteiger partial charge in [-0.1, -0.05) is 49.1 Å². The molecule has 1 aromatic carbocycles. The molecule has 1 aliphatic rings. The maximum absolute atomic E-state index is 6.29. The molecular weight excluding hydrogens is 239 g/mol. The van der Waals surface area contributed by atoms with E-state index in [4.69, 9.17) is 23.2 Å². The molecule has 0 spiro atoms. The Kier molecular flexibility index (Phi) is 4.55. The second-order valence-corrected chi connectivity index (χ2v) is 5.80. The lowest BCUT2D eigenvalue weighted by atomic mass is 9.92. The molecular formula is C14H18Cl2. The summed E-state index contributed by atoms with van der Waals surface area (Å²) in [6.45, 7) is 0. The van der Waals surface area contributed by atoms with Crippen LogP contribution in [0.5, 0.6) is 0 Å². The quantitative estimate of drug-likeness (QED) is 0.512. The van der Waals surface area contributed by atoms with Crippen molar-refractivity contribution >= 4 is 23.2 Å². The van der Waals surface area contributed by atoms with Gasteiger partial charge >= 0.3 is 0 Å². The van der Waals surface area contributed by atoms with Gasteiger partial charge in [0.25, 0.3) is 0 Å². The summed E-state index contributed by atoms with van der Waals surface area (Å²) in [6, 6.07) is 8.17. The van der Waals surface area contributed by atoms with Gasteiger partial charge in [-0.15, -0.1) is 11.6 Å². The predicted octanol–water partition coefficient (Wildman–Crippen LogP) is 5.07. The molecule has 2 heteroatoms. The number of alkyl halides is 1. The third-order valence-corrected chi connectivity index (χ3v) is 4.20. The highest BCUT2D eigenvalue weighted by Gasteiger charge is 2.19. The zero-order valence-electron chi connectivity index (χ0n) is 9.46. The van der Waals surface area contributed by atoms with E-state index in [0.717, 1.165) is 17.9 Å². The summed E-state index contributed by atoms with van der Waals surface area (Å²) in [6.07, 6.45) is 7.32. The third-order valence-electron chi connectivity index (χ3n) is 3.44. The molecule has 2 unspecified atom stereocenters. The van der Waals surface area contributed by atoms with Crippen LogP contribution in [0, 0.1) is 5.92 Å². The molecule has 0 heterocycles. The minimum absolute atomic E-state index is 0.370. The molecule has 1 aromatic rings. The zero-order chi connectivity index (χ0) is 11.4. The van der Waals surface area contributed by atoms with E-state index in [1.54, 1.807) is 0 Å². The van der Waals surface area contributed by atoms with Gasteiger partial charge in [-0.3, -0.25) is 0 Å². The first-order chi connectivity index (χ1) is 7.75. The molecule has 88 valence electrons. The third kappa shape index (κ3) is 3.40. The average Bonchev–Trinajstić information content (AvgIpc) is 2.46. The van der Waals surface area contributed by atoms with Crippen molar-refractivity contribution in [3.8, 4) is 0 Å². The predicted molar refractivity (Wildman–Crippen MR) is 71.4 cm³/mol. The number of benzene rings is 1. The topological polar surface area (TPSA) is 0 Å². The van der Waals surface area contributed by atoms with E-state index in [1.165, 1.54) is 31.2 Å². The van der Waals surface area contributed by atoms with Crippen LogP contribution in [0.4, 0.5) is 0 Å². The summed E-state index contributed by atoms with van der Waals surface area (Å²) >= 11 is 12.5. The van der Waals surface area contributed by atoms with Gasteiger partial charge in [-0.25, -0.2) is 0 Å². The van der Waals surface area contributed by atoms with E-state index in [0.29, 0.717) is 11.3 Å². The van der Waals surface area contributed by atoms with E-state index in [9.17, 15) is 0 Å². The van der Waals surface area contributed by atoms with Crippen molar-refractivity contribution in [1.82, 2.24) is 0 Å². The molecule has 0 N–H and O–H groups in total. The van der Waals surface area contributed by atoms with Crippen molar-refractivity contribution in [1.29, 1.82) is 0 Å². The molecule has 1 saturated carbocycles. The van der Waals surface area contributed by atoms with Crippen molar-refractivity contribution in [2.24, 2.45) is 5.92 Å². The normalized spacial score (nSPS) is 26.4. The van der Waals surface area contributed by atoms with Gasteiger partial charge in [0.2, 0.25) is 0 Å². The van der Waals surface area contributed by atoms with Gasteiger partial charge in [-0.05, 0) is 36.8 Å². The Morgan fingerprint density at radius 2 is 1.88 bits per heavy atom. The lowest BCUT2D eigenvalue weighted by molar-refractivity contribution is 0.460. The van der Waals surface area contributed by atoms with Crippen LogP contribution in [0.25, 0.3) is 0 Å². The molecule has 2 atom stereocenters. The molecule has 0 saturated heterocycles. The summed E-state index contributed by atoms with van der Waals surface area (Å²) < 4.78 is 0. The van der Waals surface area contributed by atoms with Gasteiger partial charge in [-0.2, -0.15) is 0 Å². The van der Waals surface area contributed by atoms with Crippen LogP contribution in [-0.2, 0) is 6.42 Å². The molecule has 16 heavy (non-hydrogen) atoms. The fourth-order valence-corrected chi connectivity index (χ4v) is 3.18. The van der Waals surface area contributed by atoms with Gasteiger partial charge in [0.15, 0.2) is 0 Å². The second kappa shape index (κ2) is 5.93. The van der Waals surface area contributed by atoms with Gasteiger partial charge in [0, 0.05) is 10.4 Å². The molecule has 0 radical (unpaired) electrons. The van der Waals surface area contributed by atoms with Crippen LogP contribution in [0.2, 0.25) is 5.02 Å². The Labute approximate surface area is 108 Å². The Hall–Kier alpha value is -0.200. The summed E-state index contributed by atoms with van der Waals surface area (Å²) in [4.78, 5) is 0. The fraction of sp³-hybridized carbons (Fsp3) is 0.571. The van der Waals surface area contributed by atoms with Crippen molar-refractivity contribution in [3.05, 3.63) is 34.9 Å². The maximum atomic E-state index is 6.29. The lowest BCUT2D eigenvalue weighted by Crippen LogP contribution is -2.08. The average molecular weight is 257 g/mol. The molecule has 0 bridgehead atoms. The molecule has 1 aliphatic carbocycles. The van der Waals surface area contributed by atoms with E-state index in [-0.39, 0.29) is 0 Å². The van der Waals surface area contributed by atoms with E-state index >= 15 is 0 Å². The molecule has 0 amide bonds. The summed E-state index contributed by atoms with van der Waals surface area (Å²) in [5.74, 6) is 0.713. The highest BCUT2D eigenvalue weighted by molar-refractivity contribution is 6.31. The van der Waals surface area contributed by atoms with Crippen molar-refractivity contribution in [2.75, 3.05) is 0 Å². The first-order valence-electron chi connectivity index (χ1n) is 6.13. The summed E-state index contributed by atoms with van der Waals surface area (Å²) in [5, 5.41) is 1.27. The minimum Gasteiger partial charge on any atom is -0.123 e. The minimum atomic E-state index is 0.370. The van der Waals surface area contributed by atoms with Crippen LogP contribution in [-0.4, -0.2) is 5.38 Å². The summed E-state index contributed by atoms with van der Waals surface area (Å²) in [7, 11) is 0. The van der Waals surface area contributed by atoms with Crippen LogP contribution in [0.15, 0.2) is 24.3 Å². The highest BCUT2D eigenvalue weighted by Crippen LogP contribution is 2.30. The highest BCUT2D eigenvalue weighted by atomic mass is 35.5. The maximum Gasteiger partial charge on any atom is 0.0438 e. The largest absolute Gasteiger partial charge is 0.123 e. The number of hydrogen-bond donors (Lipinski definition) is 0. The fourth-order valence-electron chi connectivity index (χ4n) is 2.56. The lowest BCUT2D eigenvalue weighted by Gasteiger charge is -2.16. The molecule has 0 aromatic heterocycles. The van der Waals surface area contributed by atoms with Crippen LogP contribution < -0.4 is 0 Å². The summed E-state index contributed by atoms with van der Waals surface area (Å²) in [5.41, 5.74) is 1.28. The van der Waals surface area contributed by atoms with Crippen LogP contribution >= 0.6 is 23.2 Å². The molecule has 2 rings (SSSR count). The van der Waals surface area contributed by atoms with Gasteiger partial charge < -0.3 is 0 Å². The molecule has 0 aliphatic heterocycles. The standard InChI is InChI=1S/C14H18Cl2/c15-13-7-3-1-5-11(10-13)9-12-6-2-4-8-14(12)16/h2,4,6,8,11,13H,1,3,5,7,9-10H2. The zero-order valence-corrected chi connectivity index (χ0v) is 11.0. The van der Waals surface area contributed by atoms with Gasteiger partial charge in [0.05, 0.1) is 0 Å². The van der Waals surface area contributed by atoms with Crippen molar-refractivity contribution < 1.29 is 0 Å². The number of rotatable bonds is 2. The Balaban J connectivity index is 2.00. The smallest absolute Gasteiger partial charge is 0.0438 e. The van der Waals surface area contributed by atoms with Crippen molar-refractivity contribution in [2.45, 2.75) is 43.9 Å². The van der Waals surface area contributed by atoms with Crippen LogP contribution in [0.1, 0.15) is 37.7 Å². The van der Waals surface area contributed by atoms with Gasteiger partial charge in [0.1, 0.15) is 0 Å². The van der Waals surface area contributed by atoms with E-state index in [1.807, 2.05) is 12.1 Å². The van der Waals surface area contributed by atoms with Crippen LogP contribution in [0.3, 0.4) is 0 Å². The molecule has 0 nitrogen and oxygen atoms in total. The Bertz CT molecular complexity index is 335. The van der Waals surface area contributed by atoms with Crippen molar-refractivity contribution in [3.63, 3.8) is 0 Å². The Morgan fingerprint density at radius 3 is 2.69 bits per heavy atom. The second-order valence-electron chi connectivity index (χ2n) is 4.78. The molecule has 1 fully saturated rings. The van der Waals surface area contributed by atoms with E-state index < -0.39 is 0 Å². The Morgan fingerprint density at radius 1 is 1.12 bits per heavy atom. The van der Waals surface area contributed by atoms with E-state index in [2.05, 4.69) is 12.1 Å². The first-order valence-corrected chi connectivity index (χ1v) is 6.94. The monoisotopic (exact) mass is 256 g/mol. The number of hydrogen-bond acceptors (Lipinski definition) is 0. The first kappa shape index (κ1) is 12.3. The number of halogens is 2. The SMILES string of the molecule is Clc1ccccc1CC1CCCCC(Cl)C1.